The van der Waals surface area contributed by atoms with Crippen molar-refractivity contribution in [3.05, 3.63) is 21.9 Å². The Morgan fingerprint density at radius 1 is 1.35 bits per heavy atom. The van der Waals surface area contributed by atoms with Crippen LogP contribution in [0.15, 0.2) is 12.1 Å². The van der Waals surface area contributed by atoms with Gasteiger partial charge < -0.3 is 10.0 Å². The van der Waals surface area contributed by atoms with Crippen molar-refractivity contribution in [2.75, 3.05) is 6.54 Å². The molecule has 2 atom stereocenters. The van der Waals surface area contributed by atoms with Crippen LogP contribution < -0.4 is 0 Å². The molecule has 1 N–H and O–H groups in total. The quantitative estimate of drug-likeness (QED) is 0.646. The molecule has 1 aliphatic rings. The lowest BCUT2D eigenvalue weighted by atomic mass is 10.1. The fourth-order valence-electron chi connectivity index (χ4n) is 3.39. The van der Waals surface area contributed by atoms with Gasteiger partial charge in [0.25, 0.3) is 0 Å². The Balaban J connectivity index is 1.75. The van der Waals surface area contributed by atoms with Gasteiger partial charge in [-0.1, -0.05) is 26.2 Å². The first-order chi connectivity index (χ1) is 11.1. The van der Waals surface area contributed by atoms with Crippen LogP contribution in [0.3, 0.4) is 0 Å². The van der Waals surface area contributed by atoms with E-state index in [-0.39, 0.29) is 12.0 Å². The number of unbranched alkanes of at least 4 members (excludes halogenated alkanes) is 2. The molecular weight excluding hydrogens is 306 g/mol. The number of thiophene rings is 1. The minimum Gasteiger partial charge on any atom is -0.393 e. The maximum atomic E-state index is 12.1. The Kier molecular flexibility index (Phi) is 7.57. The molecule has 1 amide bonds. The van der Waals surface area contributed by atoms with Crippen molar-refractivity contribution in [3.63, 3.8) is 0 Å². The molecule has 1 aromatic heterocycles. The number of carbonyl (C=O) groups is 1. The highest BCUT2D eigenvalue weighted by Gasteiger charge is 2.30. The summed E-state index contributed by atoms with van der Waals surface area (Å²) in [6, 6.07) is 4.75. The molecule has 2 rings (SSSR count). The van der Waals surface area contributed by atoms with E-state index in [0.29, 0.717) is 12.5 Å². The van der Waals surface area contributed by atoms with E-state index in [4.69, 9.17) is 0 Å². The van der Waals surface area contributed by atoms with Crippen LogP contribution in [0.5, 0.6) is 0 Å². The summed E-state index contributed by atoms with van der Waals surface area (Å²) in [5, 5.41) is 10.1. The molecule has 0 spiro atoms. The number of nitrogens with zero attached hydrogens (tertiary/aromatic N) is 1. The van der Waals surface area contributed by atoms with Crippen molar-refractivity contribution in [3.8, 4) is 0 Å². The van der Waals surface area contributed by atoms with Crippen LogP contribution in [0.2, 0.25) is 0 Å². The summed E-state index contributed by atoms with van der Waals surface area (Å²) in [4.78, 5) is 16.9. The second kappa shape index (κ2) is 9.43. The third-order valence-electron chi connectivity index (χ3n) is 4.82. The topological polar surface area (TPSA) is 40.5 Å². The van der Waals surface area contributed by atoms with Gasteiger partial charge in [0.2, 0.25) is 5.91 Å². The lowest BCUT2D eigenvalue weighted by molar-refractivity contribution is -0.129. The van der Waals surface area contributed by atoms with Gasteiger partial charge in [0.15, 0.2) is 0 Å². The minimum absolute atomic E-state index is 0.254. The van der Waals surface area contributed by atoms with Crippen molar-refractivity contribution in [2.45, 2.75) is 83.8 Å². The van der Waals surface area contributed by atoms with Crippen LogP contribution in [0.1, 0.15) is 68.0 Å². The van der Waals surface area contributed by atoms with E-state index in [1.54, 1.807) is 0 Å². The number of likely N-dealkylation sites (tertiary alicyclic amines) is 1. The number of hydrogen-bond acceptors (Lipinski definition) is 3. The second-order valence-electron chi connectivity index (χ2n) is 6.77. The Bertz CT molecular complexity index is 485. The van der Waals surface area contributed by atoms with E-state index in [2.05, 4.69) is 26.0 Å². The van der Waals surface area contributed by atoms with Gasteiger partial charge in [0.1, 0.15) is 0 Å². The van der Waals surface area contributed by atoms with E-state index in [9.17, 15) is 9.90 Å². The van der Waals surface area contributed by atoms with E-state index >= 15 is 0 Å². The van der Waals surface area contributed by atoms with Gasteiger partial charge in [-0.05, 0) is 51.2 Å². The van der Waals surface area contributed by atoms with Crippen molar-refractivity contribution >= 4 is 17.2 Å². The second-order valence-corrected chi connectivity index (χ2v) is 8.14. The Morgan fingerprint density at radius 3 is 2.87 bits per heavy atom. The predicted molar refractivity (Wildman–Crippen MR) is 96.9 cm³/mol. The third-order valence-corrected chi connectivity index (χ3v) is 5.88. The van der Waals surface area contributed by atoms with Crippen molar-refractivity contribution in [1.82, 2.24) is 4.90 Å². The Morgan fingerprint density at radius 2 is 2.17 bits per heavy atom. The molecule has 3 nitrogen and oxygen atoms in total. The highest BCUT2D eigenvalue weighted by molar-refractivity contribution is 7.11. The molecule has 0 bridgehead atoms. The van der Waals surface area contributed by atoms with Crippen LogP contribution in [-0.2, 0) is 11.2 Å². The smallest absolute Gasteiger partial charge is 0.222 e. The summed E-state index contributed by atoms with van der Waals surface area (Å²) >= 11 is 1.86. The number of aliphatic hydroxyl groups is 1. The highest BCUT2D eigenvalue weighted by atomic mass is 32.1. The zero-order valence-electron chi connectivity index (χ0n) is 14.6. The first-order valence-corrected chi connectivity index (χ1v) is 9.94. The van der Waals surface area contributed by atoms with Crippen LogP contribution in [0, 0.1) is 6.92 Å². The standard InChI is InChI=1S/C19H31NO2S/c1-3-4-5-6-17(21)13-14-20-16(9-12-19(20)22)8-11-18-10-7-15(2)23-18/h7,10,16-17,21H,3-6,8-9,11-14H2,1-2H3/t16?,17-/m1/s1. The third kappa shape index (κ3) is 5.92. The van der Waals surface area contributed by atoms with Gasteiger partial charge in [0.05, 0.1) is 6.10 Å². The maximum absolute atomic E-state index is 12.1. The summed E-state index contributed by atoms with van der Waals surface area (Å²) in [6.45, 7) is 5.04. The first kappa shape index (κ1) is 18.5. The Hall–Kier alpha value is -0.870. The minimum atomic E-state index is -0.254. The summed E-state index contributed by atoms with van der Waals surface area (Å²) in [6.07, 6.45) is 8.57. The molecule has 1 aliphatic heterocycles. The number of rotatable bonds is 10. The lowest BCUT2D eigenvalue weighted by Crippen LogP contribution is -2.35. The van der Waals surface area contributed by atoms with Crippen LogP contribution in [0.4, 0.5) is 0 Å². The predicted octanol–water partition coefficient (Wildman–Crippen LogP) is 4.31. The van der Waals surface area contributed by atoms with Crippen molar-refractivity contribution in [1.29, 1.82) is 0 Å². The summed E-state index contributed by atoms with van der Waals surface area (Å²) in [7, 11) is 0. The zero-order valence-corrected chi connectivity index (χ0v) is 15.4. The van der Waals surface area contributed by atoms with Crippen molar-refractivity contribution < 1.29 is 9.90 Å². The molecule has 1 unspecified atom stereocenters. The fraction of sp³-hybridized carbons (Fsp3) is 0.737. The van der Waals surface area contributed by atoms with Gasteiger partial charge in [0, 0.05) is 28.8 Å². The normalized spacial score (nSPS) is 19.5. The summed E-state index contributed by atoms with van der Waals surface area (Å²) in [5.74, 6) is 0.276. The summed E-state index contributed by atoms with van der Waals surface area (Å²) in [5.41, 5.74) is 0. The molecule has 23 heavy (non-hydrogen) atoms. The number of aryl methyl sites for hydroxylation is 2. The molecule has 2 heterocycles. The van der Waals surface area contributed by atoms with E-state index in [0.717, 1.165) is 45.1 Å². The molecule has 0 aromatic carbocycles. The largest absolute Gasteiger partial charge is 0.393 e. The SMILES string of the molecule is CCCCC[C@@H](O)CCN1C(=O)CCC1CCc1ccc(C)s1. The van der Waals surface area contributed by atoms with E-state index in [1.165, 1.54) is 22.6 Å². The number of hydrogen-bond donors (Lipinski definition) is 1. The van der Waals surface area contributed by atoms with Gasteiger partial charge in [-0.3, -0.25) is 4.79 Å². The molecule has 1 fully saturated rings. The average molecular weight is 338 g/mol. The maximum Gasteiger partial charge on any atom is 0.222 e. The van der Waals surface area contributed by atoms with Gasteiger partial charge >= 0.3 is 0 Å². The van der Waals surface area contributed by atoms with Gasteiger partial charge in [-0.15, -0.1) is 11.3 Å². The molecule has 0 radical (unpaired) electrons. The van der Waals surface area contributed by atoms with E-state index < -0.39 is 0 Å². The van der Waals surface area contributed by atoms with Crippen LogP contribution >= 0.6 is 11.3 Å². The van der Waals surface area contributed by atoms with Crippen molar-refractivity contribution in [2.24, 2.45) is 0 Å². The monoisotopic (exact) mass is 337 g/mol. The highest BCUT2D eigenvalue weighted by Crippen LogP contribution is 2.25. The van der Waals surface area contributed by atoms with E-state index in [1.807, 2.05) is 16.2 Å². The fourth-order valence-corrected chi connectivity index (χ4v) is 4.30. The first-order valence-electron chi connectivity index (χ1n) is 9.13. The molecule has 130 valence electrons. The molecule has 1 saturated heterocycles. The molecule has 0 aliphatic carbocycles. The Labute approximate surface area is 144 Å². The van der Waals surface area contributed by atoms with Crippen LogP contribution in [-0.4, -0.2) is 34.6 Å². The number of aliphatic hydroxyl groups excluding tert-OH is 1. The molecule has 1 aromatic rings. The summed E-state index contributed by atoms with van der Waals surface area (Å²) < 4.78 is 0. The van der Waals surface area contributed by atoms with Crippen LogP contribution in [0.25, 0.3) is 0 Å². The van der Waals surface area contributed by atoms with Gasteiger partial charge in [-0.2, -0.15) is 0 Å². The lowest BCUT2D eigenvalue weighted by Gasteiger charge is -2.26. The zero-order chi connectivity index (χ0) is 16.7. The average Bonchev–Trinajstić information content (AvgIpc) is 3.09. The van der Waals surface area contributed by atoms with Gasteiger partial charge in [-0.25, -0.2) is 0 Å². The molecule has 0 saturated carbocycles. The molecule has 4 heteroatoms. The molecular formula is C19H31NO2S. The number of amides is 1. The number of carbonyl (C=O) groups excluding carboxylic acids is 1.